The van der Waals surface area contributed by atoms with E-state index in [1.165, 1.54) is 12.2 Å². The van der Waals surface area contributed by atoms with E-state index in [0.717, 1.165) is 101 Å². The van der Waals surface area contributed by atoms with Gasteiger partial charge in [0.25, 0.3) is 23.6 Å². The molecule has 448 valence electrons. The van der Waals surface area contributed by atoms with E-state index >= 15 is 0 Å². The van der Waals surface area contributed by atoms with Gasteiger partial charge in [-0.1, -0.05) is 50.6 Å². The highest BCUT2D eigenvalue weighted by atomic mass is 16.4. The quantitative estimate of drug-likeness (QED) is 0.0313. The van der Waals surface area contributed by atoms with Crippen molar-refractivity contribution < 1.29 is 58.8 Å². The van der Waals surface area contributed by atoms with Crippen LogP contribution in [0.3, 0.4) is 0 Å². The van der Waals surface area contributed by atoms with Crippen molar-refractivity contribution >= 4 is 71.8 Å². The van der Waals surface area contributed by atoms with Crippen molar-refractivity contribution in [2.75, 3.05) is 0 Å². The highest BCUT2D eigenvalue weighted by Crippen LogP contribution is 2.35. The Bertz CT molecular complexity index is 3660. The minimum Gasteiger partial charge on any atom is -0.481 e. The predicted molar refractivity (Wildman–Crippen MR) is 328 cm³/mol. The van der Waals surface area contributed by atoms with Gasteiger partial charge in [-0.15, -0.1) is 0 Å². The number of hydrogen-bond donors (Lipinski definition) is 12. The Morgan fingerprint density at radius 1 is 0.349 bits per heavy atom. The topological polar surface area (TPSA) is 329 Å². The monoisotopic (exact) mass is 1170 g/mol. The summed E-state index contributed by atoms with van der Waals surface area (Å²) in [4.78, 5) is 109. The fraction of sp³-hybridized carbons (Fsp3) is 0.273. The van der Waals surface area contributed by atoms with Gasteiger partial charge >= 0.3 is 23.9 Å². The molecule has 0 saturated heterocycles. The zero-order chi connectivity index (χ0) is 63.2. The molecule has 4 aliphatic rings. The molecule has 0 unspecified atom stereocenters. The summed E-state index contributed by atoms with van der Waals surface area (Å²) in [5, 5.41) is 49.2. The Hall–Kier alpha value is -10.2. The van der Waals surface area contributed by atoms with E-state index in [1.54, 1.807) is 26.0 Å². The second-order valence-corrected chi connectivity index (χ2v) is 21.4. The van der Waals surface area contributed by atoms with Gasteiger partial charge in [-0.3, -0.25) is 38.4 Å². The first kappa shape index (κ1) is 63.3. The number of aromatic amines is 4. The number of rotatable bonds is 24. The van der Waals surface area contributed by atoms with Gasteiger partial charge < -0.3 is 61.6 Å². The molecule has 8 heterocycles. The van der Waals surface area contributed by atoms with Crippen LogP contribution in [0.25, 0.3) is 24.3 Å². The average molecular weight is 1170 g/mol. The lowest BCUT2D eigenvalue weighted by molar-refractivity contribution is -0.138. The summed E-state index contributed by atoms with van der Waals surface area (Å²) in [5.74, 6) is -4.55. The number of amides is 4. The molecule has 0 spiro atoms. The molecule has 12 N–H and O–H groups in total. The highest BCUT2D eigenvalue weighted by Gasteiger charge is 2.29. The first-order valence-electron chi connectivity index (χ1n) is 27.9. The molecule has 0 bridgehead atoms. The molecule has 0 aliphatic carbocycles. The second-order valence-electron chi connectivity index (χ2n) is 21.4. The van der Waals surface area contributed by atoms with Crippen LogP contribution in [0.2, 0.25) is 0 Å². The molecule has 8 rings (SSSR count). The molecule has 0 saturated carbocycles. The van der Waals surface area contributed by atoms with Gasteiger partial charge in [0.2, 0.25) is 0 Å². The maximum Gasteiger partial charge on any atom is 0.303 e. The summed E-state index contributed by atoms with van der Waals surface area (Å²) in [6, 6.07) is 0. The van der Waals surface area contributed by atoms with E-state index in [1.807, 2.05) is 65.8 Å². The summed E-state index contributed by atoms with van der Waals surface area (Å²) in [6.07, 6.45) is 15.2. The van der Waals surface area contributed by atoms with Crippen molar-refractivity contribution in [3.8, 4) is 0 Å². The van der Waals surface area contributed by atoms with E-state index < -0.39 is 23.9 Å². The van der Waals surface area contributed by atoms with Crippen LogP contribution < -0.4 is 21.3 Å². The minimum atomic E-state index is -0.922. The van der Waals surface area contributed by atoms with Crippen molar-refractivity contribution in [2.24, 2.45) is 0 Å². The molecular formula is C66H72N8O12. The summed E-state index contributed by atoms with van der Waals surface area (Å²) in [6.45, 7) is 29.8. The summed E-state index contributed by atoms with van der Waals surface area (Å²) in [5.41, 5.74) is 20.4. The molecule has 4 amide bonds. The number of nitrogens with one attached hydrogen (secondary N) is 8. The molecule has 4 aromatic heterocycles. The number of hydrogen-bond acceptors (Lipinski definition) is 8. The molecular weight excluding hydrogens is 1100 g/mol. The Morgan fingerprint density at radius 3 is 0.802 bits per heavy atom. The number of H-pyrrole nitrogens is 4. The lowest BCUT2D eigenvalue weighted by Gasteiger charge is -2.07. The van der Waals surface area contributed by atoms with Crippen LogP contribution in [0.1, 0.15) is 143 Å². The van der Waals surface area contributed by atoms with Crippen LogP contribution in [0.5, 0.6) is 0 Å². The lowest BCUT2D eigenvalue weighted by Crippen LogP contribution is -2.15. The maximum atomic E-state index is 12.3. The molecule has 20 nitrogen and oxygen atoms in total. The molecule has 0 fully saturated rings. The maximum absolute atomic E-state index is 12.3. The van der Waals surface area contributed by atoms with Crippen LogP contribution in [0, 0.1) is 27.7 Å². The van der Waals surface area contributed by atoms with Gasteiger partial charge in [-0.25, -0.2) is 0 Å². The van der Waals surface area contributed by atoms with Crippen molar-refractivity contribution in [1.29, 1.82) is 0 Å². The number of carboxylic acid groups (broad SMARTS) is 4. The number of aliphatic carboxylic acids is 4. The van der Waals surface area contributed by atoms with Gasteiger partial charge in [0.15, 0.2) is 0 Å². The van der Waals surface area contributed by atoms with Crippen LogP contribution in [0.4, 0.5) is 0 Å². The number of aromatic nitrogens is 4. The van der Waals surface area contributed by atoms with E-state index in [4.69, 9.17) is 0 Å². The summed E-state index contributed by atoms with van der Waals surface area (Å²) < 4.78 is 0. The number of carboxylic acids is 4. The average Bonchev–Trinajstić information content (AvgIpc) is 2.80. The van der Waals surface area contributed by atoms with Crippen LogP contribution in [0.15, 0.2) is 118 Å². The van der Waals surface area contributed by atoms with Crippen molar-refractivity contribution in [3.05, 3.63) is 208 Å². The van der Waals surface area contributed by atoms with Crippen LogP contribution in [-0.2, 0) is 76.9 Å². The molecule has 4 aliphatic heterocycles. The fourth-order valence-corrected chi connectivity index (χ4v) is 11.2. The number of carbonyl (C=O) groups is 8. The third kappa shape index (κ3) is 13.5. The molecule has 20 heteroatoms. The van der Waals surface area contributed by atoms with Gasteiger partial charge in [0, 0.05) is 129 Å². The molecule has 0 atom stereocenters. The van der Waals surface area contributed by atoms with Gasteiger partial charge in [-0.05, 0) is 161 Å². The lowest BCUT2D eigenvalue weighted by atomic mass is 9.98. The Labute approximate surface area is 497 Å². The molecule has 86 heavy (non-hydrogen) atoms. The van der Waals surface area contributed by atoms with Crippen LogP contribution in [-0.4, -0.2) is 87.9 Å². The Balaban J connectivity index is 0.000000246. The first-order chi connectivity index (χ1) is 40.7. The van der Waals surface area contributed by atoms with E-state index in [9.17, 15) is 58.8 Å². The molecule has 4 aromatic rings. The zero-order valence-electron chi connectivity index (χ0n) is 49.6. The zero-order valence-corrected chi connectivity index (χ0v) is 49.6. The second kappa shape index (κ2) is 26.6. The van der Waals surface area contributed by atoms with Gasteiger partial charge in [0.1, 0.15) is 0 Å². The molecule has 0 aromatic carbocycles. The normalized spacial score (nSPS) is 16.8. The smallest absolute Gasteiger partial charge is 0.303 e. The van der Waals surface area contributed by atoms with E-state index in [-0.39, 0.29) is 75.0 Å². The predicted octanol–water partition coefficient (Wildman–Crippen LogP) is 9.06. The first-order valence-corrected chi connectivity index (χ1v) is 27.9. The minimum absolute atomic E-state index is 0.0688. The summed E-state index contributed by atoms with van der Waals surface area (Å²) >= 11 is 0. The third-order valence-corrected chi connectivity index (χ3v) is 16.2. The Kier molecular flexibility index (Phi) is 19.6. The largest absolute Gasteiger partial charge is 0.481 e. The van der Waals surface area contributed by atoms with E-state index in [2.05, 4.69) is 67.5 Å². The number of carbonyl (C=O) groups excluding carboxylic acids is 4. The van der Waals surface area contributed by atoms with E-state index in [0.29, 0.717) is 69.1 Å². The fourth-order valence-electron chi connectivity index (χ4n) is 11.2. The Morgan fingerprint density at radius 2 is 0.581 bits per heavy atom. The standard InChI is InChI=1S/2C33H36N4O6/c2*1-7-20-19(6)32(42)37-27(20)14-25-18(5)23(10-12-31(40)41)29(35-25)15-28-22(9-11-30(38)39)17(4)24(34-28)13-26-16(3)21(8-2)33(43)36-26/h2*7-8,13-14,34-35H,1-2,9-12,15H2,3-6H3,(H,36,43)(H,37,42)(H,38,39)(H,40,41)/b2*26-13-,27-14-. The number of allylic oxidation sites excluding steroid dienone is 4. The molecule has 0 radical (unpaired) electrons. The van der Waals surface area contributed by atoms with Crippen molar-refractivity contribution in [2.45, 2.75) is 120 Å². The highest BCUT2D eigenvalue weighted by molar-refractivity contribution is 6.05. The SMILES string of the molecule is C=CC1=C(C)/C(=C/c2[nH]c(Cc3[nH]c(/C=C4\NC(=O)C(C)=C4C=C)c(C)c3CCC(=O)O)c(CCC(=O)O)c2C)NC1=O.C=CC1=C(C)/C(=C/c2[nH]c(Cc3[nH]c(/C=C4\NC(=O)C(C)=C4C=C)c(C)c3CCC(=O)O)c(CCC(=O)O)c2C)NC1=O. The van der Waals surface area contributed by atoms with Crippen molar-refractivity contribution in [1.82, 2.24) is 41.2 Å². The van der Waals surface area contributed by atoms with Crippen molar-refractivity contribution in [3.63, 3.8) is 0 Å². The third-order valence-electron chi connectivity index (χ3n) is 16.2. The van der Waals surface area contributed by atoms with Gasteiger partial charge in [-0.2, -0.15) is 0 Å². The van der Waals surface area contributed by atoms with Crippen LogP contribution >= 0.6 is 0 Å². The van der Waals surface area contributed by atoms with Gasteiger partial charge in [0.05, 0.1) is 11.4 Å². The summed E-state index contributed by atoms with van der Waals surface area (Å²) in [7, 11) is 0.